The van der Waals surface area contributed by atoms with E-state index in [9.17, 15) is 26.4 Å². The fraction of sp³-hybridized carbons (Fsp3) is 0.706. The molecule has 0 N–H and O–H groups in total. The minimum atomic E-state index is -4.48. The number of aromatic nitrogens is 2. The predicted octanol–water partition coefficient (Wildman–Crippen LogP) is 4.43. The van der Waals surface area contributed by atoms with E-state index < -0.39 is 21.8 Å². The van der Waals surface area contributed by atoms with Crippen LogP contribution < -0.4 is 0 Å². The van der Waals surface area contributed by atoms with Crippen molar-refractivity contribution in [3.8, 4) is 11.3 Å². The minimum absolute atomic E-state index is 0.0596. The Morgan fingerprint density at radius 1 is 0.959 bits per heavy atom. The number of thioether (sulfide) groups is 1. The number of benzene rings is 1. The first-order valence-electron chi connectivity index (χ1n) is 17.7. The number of ether oxygens (including phenoxy) is 1. The highest BCUT2D eigenvalue weighted by molar-refractivity contribution is 7.99. The van der Waals surface area contributed by atoms with E-state index in [1.165, 1.54) is 34.8 Å². The Hall–Kier alpha value is -2.17. The molecule has 4 aliphatic heterocycles. The molecule has 2 aromatic rings. The number of fused-ring (bicyclic) bond motifs is 1. The molecule has 49 heavy (non-hydrogen) atoms. The Morgan fingerprint density at radius 3 is 2.37 bits per heavy atom. The third-order valence-electron chi connectivity index (χ3n) is 10.3. The van der Waals surface area contributed by atoms with Crippen LogP contribution in [0, 0.1) is 5.92 Å². The molecule has 0 saturated carbocycles. The number of aryl methyl sites for hydroxylation is 1. The molecule has 4 aliphatic rings. The second-order valence-electron chi connectivity index (χ2n) is 13.7. The van der Waals surface area contributed by atoms with Crippen LogP contribution in [0.5, 0.6) is 0 Å². The highest BCUT2D eigenvalue weighted by Crippen LogP contribution is 2.40. The summed E-state index contributed by atoms with van der Waals surface area (Å²) in [5, 5.41) is 4.95. The quantitative estimate of drug-likeness (QED) is 0.315. The summed E-state index contributed by atoms with van der Waals surface area (Å²) in [4.78, 5) is 19.8. The van der Waals surface area contributed by atoms with Crippen molar-refractivity contribution in [1.82, 2.24) is 28.8 Å². The van der Waals surface area contributed by atoms with Crippen molar-refractivity contribution in [3.63, 3.8) is 0 Å². The second kappa shape index (κ2) is 16.0. The van der Waals surface area contributed by atoms with Crippen LogP contribution in [0.4, 0.5) is 13.2 Å². The van der Waals surface area contributed by atoms with Crippen molar-refractivity contribution < 1.29 is 31.1 Å². The van der Waals surface area contributed by atoms with E-state index in [2.05, 4.69) is 9.80 Å². The number of hydrogen-bond donors (Lipinski definition) is 0. The molecule has 0 atom stereocenters. The van der Waals surface area contributed by atoms with Crippen molar-refractivity contribution >= 4 is 27.7 Å². The van der Waals surface area contributed by atoms with Crippen LogP contribution in [0.2, 0.25) is 0 Å². The van der Waals surface area contributed by atoms with Gasteiger partial charge in [0, 0.05) is 79.1 Å². The number of alkyl halides is 3. The van der Waals surface area contributed by atoms with Crippen molar-refractivity contribution in [2.45, 2.75) is 69.1 Å². The zero-order valence-electron chi connectivity index (χ0n) is 28.4. The molecule has 3 saturated heterocycles. The summed E-state index contributed by atoms with van der Waals surface area (Å²) in [6.45, 7) is 8.92. The summed E-state index contributed by atoms with van der Waals surface area (Å²) >= 11 is 1.23. The van der Waals surface area contributed by atoms with E-state index in [1.807, 2.05) is 9.58 Å². The molecule has 0 unspecified atom stereocenters. The molecule has 1 aromatic heterocycles. The molecule has 5 heterocycles. The Kier molecular flexibility index (Phi) is 12.0. The second-order valence-corrected chi connectivity index (χ2v) is 16.8. The maximum absolute atomic E-state index is 14.1. The summed E-state index contributed by atoms with van der Waals surface area (Å²) < 4.78 is 76.2. The average molecular weight is 727 g/mol. The lowest BCUT2D eigenvalue weighted by Gasteiger charge is -2.35. The van der Waals surface area contributed by atoms with Gasteiger partial charge in [-0.15, -0.1) is 11.8 Å². The Bertz CT molecular complexity index is 1550. The summed E-state index contributed by atoms with van der Waals surface area (Å²) in [6.07, 6.45) is 3.14. The molecule has 0 spiro atoms. The number of morpholine rings is 1. The SMILES string of the molecule is CS(=O)(=O)N1CCc2c(c(-c3ccc(C(F)(F)F)c(SCCN4CCCCC4)c3)nn2CCCN2CCC(C(=O)N3CCOCC3)CC2)C1. The lowest BCUT2D eigenvalue weighted by Crippen LogP contribution is -2.46. The number of nitrogens with zero attached hydrogens (tertiary/aromatic N) is 6. The number of rotatable bonds is 11. The van der Waals surface area contributed by atoms with Crippen molar-refractivity contribution in [3.05, 3.63) is 35.0 Å². The van der Waals surface area contributed by atoms with Gasteiger partial charge in [-0.2, -0.15) is 22.6 Å². The number of halogens is 3. The van der Waals surface area contributed by atoms with Gasteiger partial charge >= 0.3 is 6.18 Å². The zero-order chi connectivity index (χ0) is 34.6. The first kappa shape index (κ1) is 36.6. The molecule has 272 valence electrons. The maximum atomic E-state index is 14.1. The highest BCUT2D eigenvalue weighted by atomic mass is 32.2. The normalized spacial score (nSPS) is 20.9. The maximum Gasteiger partial charge on any atom is 0.417 e. The number of likely N-dealkylation sites (tertiary alicyclic amines) is 2. The van der Waals surface area contributed by atoms with Gasteiger partial charge < -0.3 is 19.4 Å². The first-order chi connectivity index (χ1) is 23.5. The van der Waals surface area contributed by atoms with Crippen LogP contribution in [-0.2, 0) is 45.2 Å². The van der Waals surface area contributed by atoms with E-state index >= 15 is 0 Å². The fourth-order valence-electron chi connectivity index (χ4n) is 7.55. The Morgan fingerprint density at radius 2 is 1.67 bits per heavy atom. The van der Waals surface area contributed by atoms with E-state index in [0.717, 1.165) is 88.7 Å². The van der Waals surface area contributed by atoms with Crippen molar-refractivity contribution in [2.24, 2.45) is 5.92 Å². The summed E-state index contributed by atoms with van der Waals surface area (Å²) in [6, 6.07) is 4.22. The summed E-state index contributed by atoms with van der Waals surface area (Å²) in [7, 11) is -3.47. The van der Waals surface area contributed by atoms with Gasteiger partial charge in [0.25, 0.3) is 0 Å². The predicted molar refractivity (Wildman–Crippen MR) is 184 cm³/mol. The lowest BCUT2D eigenvalue weighted by molar-refractivity contribution is -0.141. The molecule has 1 aromatic carbocycles. The zero-order valence-corrected chi connectivity index (χ0v) is 30.1. The van der Waals surface area contributed by atoms with Crippen molar-refractivity contribution in [1.29, 1.82) is 0 Å². The van der Waals surface area contributed by atoms with Gasteiger partial charge in [-0.3, -0.25) is 9.48 Å². The van der Waals surface area contributed by atoms with Crippen LogP contribution >= 0.6 is 11.8 Å². The van der Waals surface area contributed by atoms with Crippen LogP contribution in [0.15, 0.2) is 23.1 Å². The number of hydrogen-bond acceptors (Lipinski definition) is 8. The van der Waals surface area contributed by atoms with Gasteiger partial charge in [0.05, 0.1) is 30.7 Å². The standard InChI is InChI=1S/C34H49F3N6O4S2/c1-49(45,46)42-17-10-30-28(25-42)32(27-6-7-29(34(35,36)37)31(24-27)48-23-20-39-11-3-2-4-12-39)38-43(30)14-5-13-40-15-8-26(9-16-40)33(44)41-18-21-47-22-19-41/h6-7,24,26H,2-5,8-23,25H2,1H3. The monoisotopic (exact) mass is 726 g/mol. The van der Waals surface area contributed by atoms with E-state index in [4.69, 9.17) is 9.84 Å². The summed E-state index contributed by atoms with van der Waals surface area (Å²) in [5.41, 5.74) is 2.19. The molecule has 15 heteroatoms. The number of amides is 1. The summed E-state index contributed by atoms with van der Waals surface area (Å²) in [5.74, 6) is 0.859. The van der Waals surface area contributed by atoms with Gasteiger partial charge in [0.2, 0.25) is 15.9 Å². The molecule has 6 rings (SSSR count). The fourth-order valence-corrected chi connectivity index (χ4v) is 9.45. The van der Waals surface area contributed by atoms with Crippen LogP contribution in [0.3, 0.4) is 0 Å². The van der Waals surface area contributed by atoms with Gasteiger partial charge in [-0.25, -0.2) is 8.42 Å². The molecule has 1 amide bonds. The minimum Gasteiger partial charge on any atom is -0.378 e. The average Bonchev–Trinajstić information content (AvgIpc) is 3.46. The van der Waals surface area contributed by atoms with Crippen LogP contribution in [0.25, 0.3) is 11.3 Å². The Labute approximate surface area is 292 Å². The molecule has 0 aliphatic carbocycles. The van der Waals surface area contributed by atoms with Gasteiger partial charge in [0.1, 0.15) is 0 Å². The van der Waals surface area contributed by atoms with Gasteiger partial charge in [0.15, 0.2) is 0 Å². The number of carbonyl (C=O) groups excluding carboxylic acids is 1. The number of sulfonamides is 1. The highest BCUT2D eigenvalue weighted by Gasteiger charge is 2.35. The molecule has 0 bridgehead atoms. The third kappa shape index (κ3) is 9.20. The number of carbonyl (C=O) groups is 1. The smallest absolute Gasteiger partial charge is 0.378 e. The largest absolute Gasteiger partial charge is 0.417 e. The van der Waals surface area contributed by atoms with E-state index in [0.29, 0.717) is 62.8 Å². The first-order valence-corrected chi connectivity index (χ1v) is 20.5. The van der Waals surface area contributed by atoms with E-state index in [-0.39, 0.29) is 23.3 Å². The van der Waals surface area contributed by atoms with Gasteiger partial charge in [-0.05, 0) is 77.0 Å². The number of piperidine rings is 2. The van der Waals surface area contributed by atoms with Gasteiger partial charge in [-0.1, -0.05) is 12.5 Å². The molecular weight excluding hydrogens is 678 g/mol. The van der Waals surface area contributed by atoms with Crippen molar-refractivity contribution in [2.75, 3.05) is 84.1 Å². The molecular formula is C34H49F3N6O4S2. The lowest BCUT2D eigenvalue weighted by atomic mass is 9.95. The van der Waals surface area contributed by atoms with Crippen LogP contribution in [0.1, 0.15) is 55.3 Å². The van der Waals surface area contributed by atoms with Crippen LogP contribution in [-0.4, -0.2) is 127 Å². The molecule has 10 nitrogen and oxygen atoms in total. The Balaban J connectivity index is 1.15. The topological polar surface area (TPSA) is 91.2 Å². The molecule has 0 radical (unpaired) electrons. The third-order valence-corrected chi connectivity index (χ3v) is 12.6. The van der Waals surface area contributed by atoms with E-state index in [1.54, 1.807) is 6.07 Å². The molecule has 3 fully saturated rings.